The van der Waals surface area contributed by atoms with Crippen molar-refractivity contribution in [3.8, 4) is 0 Å². The summed E-state index contributed by atoms with van der Waals surface area (Å²) in [5.41, 5.74) is 0. The number of hydrogen-bond donors (Lipinski definition) is 1. The van der Waals surface area contributed by atoms with Crippen LogP contribution in [0.5, 0.6) is 0 Å². The third kappa shape index (κ3) is 17.6. The van der Waals surface area contributed by atoms with Crippen molar-refractivity contribution in [2.45, 2.75) is 154 Å². The summed E-state index contributed by atoms with van der Waals surface area (Å²) in [5, 5.41) is 3.12. The molecule has 184 valence electrons. The van der Waals surface area contributed by atoms with Gasteiger partial charge < -0.3 is 10.2 Å². The Hall–Kier alpha value is -0.570. The molecule has 0 spiro atoms. The van der Waals surface area contributed by atoms with Crippen LogP contribution in [0.15, 0.2) is 0 Å². The molecular formula is C28H56N2O. The van der Waals surface area contributed by atoms with Gasteiger partial charge in [-0.3, -0.25) is 4.79 Å². The number of carbonyl (C=O) groups excluding carboxylic acids is 1. The van der Waals surface area contributed by atoms with E-state index in [2.05, 4.69) is 24.2 Å². The molecule has 0 heterocycles. The molecule has 1 N–H and O–H groups in total. The molecule has 0 bridgehead atoms. The van der Waals surface area contributed by atoms with Crippen molar-refractivity contribution >= 4 is 5.91 Å². The number of nitrogens with zero attached hydrogens (tertiary/aromatic N) is 1. The van der Waals surface area contributed by atoms with Crippen molar-refractivity contribution in [3.63, 3.8) is 0 Å². The maximum absolute atomic E-state index is 12.1. The average molecular weight is 437 g/mol. The van der Waals surface area contributed by atoms with Gasteiger partial charge in [-0.05, 0) is 26.3 Å². The minimum atomic E-state index is 0.239. The Balaban J connectivity index is 1.75. The maximum Gasteiger partial charge on any atom is 0.221 e. The number of nitrogens with one attached hydrogen (secondary N) is 1. The van der Waals surface area contributed by atoms with E-state index < -0.39 is 0 Å². The fourth-order valence-corrected chi connectivity index (χ4v) is 4.97. The van der Waals surface area contributed by atoms with Crippen LogP contribution in [0.1, 0.15) is 148 Å². The van der Waals surface area contributed by atoms with Gasteiger partial charge in [-0.1, -0.05) is 122 Å². The molecule has 0 radical (unpaired) electrons. The molecule has 1 amide bonds. The molecule has 0 aromatic carbocycles. The minimum absolute atomic E-state index is 0.239. The summed E-state index contributed by atoms with van der Waals surface area (Å²) in [4.78, 5) is 14.5. The van der Waals surface area contributed by atoms with Crippen LogP contribution in [-0.4, -0.2) is 37.0 Å². The van der Waals surface area contributed by atoms with E-state index >= 15 is 0 Å². The van der Waals surface area contributed by atoms with Gasteiger partial charge in [0.2, 0.25) is 5.91 Å². The molecule has 0 saturated heterocycles. The van der Waals surface area contributed by atoms with Crippen molar-refractivity contribution in [1.29, 1.82) is 0 Å². The quantitative estimate of drug-likeness (QED) is 0.185. The molecule has 1 fully saturated rings. The molecule has 0 aromatic rings. The van der Waals surface area contributed by atoms with Gasteiger partial charge >= 0.3 is 0 Å². The van der Waals surface area contributed by atoms with E-state index in [1.807, 2.05) is 0 Å². The molecule has 1 saturated carbocycles. The van der Waals surface area contributed by atoms with E-state index in [0.29, 0.717) is 12.5 Å². The van der Waals surface area contributed by atoms with Crippen LogP contribution in [0.25, 0.3) is 0 Å². The molecule has 1 rings (SSSR count). The van der Waals surface area contributed by atoms with E-state index in [9.17, 15) is 4.79 Å². The Labute approximate surface area is 195 Å². The molecule has 0 unspecified atom stereocenters. The van der Waals surface area contributed by atoms with Crippen LogP contribution in [0, 0.1) is 0 Å². The molecule has 0 atom stereocenters. The highest BCUT2D eigenvalue weighted by molar-refractivity contribution is 5.75. The minimum Gasteiger partial charge on any atom is -0.356 e. The Morgan fingerprint density at radius 3 is 1.65 bits per heavy atom. The molecular weight excluding hydrogens is 380 g/mol. The fourth-order valence-electron chi connectivity index (χ4n) is 4.97. The lowest BCUT2D eigenvalue weighted by Gasteiger charge is -2.30. The highest BCUT2D eigenvalue weighted by Gasteiger charge is 2.18. The lowest BCUT2D eigenvalue weighted by atomic mass is 9.94. The van der Waals surface area contributed by atoms with E-state index in [4.69, 9.17) is 0 Å². The second kappa shape index (κ2) is 21.3. The van der Waals surface area contributed by atoms with Crippen LogP contribution < -0.4 is 5.32 Å². The lowest BCUT2D eigenvalue weighted by molar-refractivity contribution is -0.121. The summed E-state index contributed by atoms with van der Waals surface area (Å²) in [7, 11) is 2.19. The molecule has 31 heavy (non-hydrogen) atoms. The summed E-state index contributed by atoms with van der Waals surface area (Å²) in [5.74, 6) is 0.239. The van der Waals surface area contributed by atoms with Crippen LogP contribution in [0.4, 0.5) is 0 Å². The zero-order chi connectivity index (χ0) is 22.4. The standard InChI is InChI=1S/C28H56N2O/c1-3-4-5-6-7-8-9-10-11-12-13-14-15-16-17-21-25-29-28(31)24-26-30(2)27-22-19-18-20-23-27/h27H,3-26H2,1-2H3,(H,29,31). The Morgan fingerprint density at radius 1 is 0.710 bits per heavy atom. The summed E-state index contributed by atoms with van der Waals surface area (Å²) >= 11 is 0. The van der Waals surface area contributed by atoms with Gasteiger partial charge in [0.05, 0.1) is 0 Å². The molecule has 3 nitrogen and oxygen atoms in total. The fraction of sp³-hybridized carbons (Fsp3) is 0.964. The van der Waals surface area contributed by atoms with Gasteiger partial charge in [0.25, 0.3) is 0 Å². The van der Waals surface area contributed by atoms with E-state index in [-0.39, 0.29) is 5.91 Å². The van der Waals surface area contributed by atoms with Crippen molar-refractivity contribution in [2.24, 2.45) is 0 Å². The van der Waals surface area contributed by atoms with Crippen molar-refractivity contribution < 1.29 is 4.79 Å². The number of carbonyl (C=O) groups is 1. The first-order valence-corrected chi connectivity index (χ1v) is 14.2. The molecule has 3 heteroatoms. The Kier molecular flexibility index (Phi) is 19.5. The zero-order valence-corrected chi connectivity index (χ0v) is 21.4. The Bertz CT molecular complexity index is 392. The summed E-state index contributed by atoms with van der Waals surface area (Å²) in [6, 6.07) is 0.710. The smallest absolute Gasteiger partial charge is 0.221 e. The van der Waals surface area contributed by atoms with Gasteiger partial charge in [0.15, 0.2) is 0 Å². The predicted octanol–water partition coefficient (Wildman–Crippen LogP) is 8.02. The van der Waals surface area contributed by atoms with Gasteiger partial charge in [0, 0.05) is 25.6 Å². The summed E-state index contributed by atoms with van der Waals surface area (Å²) < 4.78 is 0. The number of unbranched alkanes of at least 4 members (excludes halogenated alkanes) is 15. The molecule has 1 aliphatic carbocycles. The van der Waals surface area contributed by atoms with E-state index in [1.54, 1.807) is 0 Å². The first-order chi connectivity index (χ1) is 15.2. The van der Waals surface area contributed by atoms with Gasteiger partial charge in [-0.2, -0.15) is 0 Å². The largest absolute Gasteiger partial charge is 0.356 e. The highest BCUT2D eigenvalue weighted by Crippen LogP contribution is 2.21. The Morgan fingerprint density at radius 2 is 1.16 bits per heavy atom. The maximum atomic E-state index is 12.1. The van der Waals surface area contributed by atoms with Gasteiger partial charge in [-0.15, -0.1) is 0 Å². The van der Waals surface area contributed by atoms with Crippen LogP contribution in [0.2, 0.25) is 0 Å². The average Bonchev–Trinajstić information content (AvgIpc) is 2.80. The summed E-state index contributed by atoms with van der Waals surface area (Å²) in [6.07, 6.45) is 29.7. The first-order valence-electron chi connectivity index (χ1n) is 14.2. The van der Waals surface area contributed by atoms with Crippen molar-refractivity contribution in [3.05, 3.63) is 0 Å². The number of rotatable bonds is 21. The van der Waals surface area contributed by atoms with Crippen LogP contribution >= 0.6 is 0 Å². The van der Waals surface area contributed by atoms with Gasteiger partial charge in [-0.25, -0.2) is 0 Å². The first kappa shape index (κ1) is 28.5. The number of hydrogen-bond acceptors (Lipinski definition) is 2. The summed E-state index contributed by atoms with van der Waals surface area (Å²) in [6.45, 7) is 4.07. The molecule has 0 aliphatic heterocycles. The normalized spacial score (nSPS) is 14.9. The number of amides is 1. The third-order valence-corrected chi connectivity index (χ3v) is 7.24. The van der Waals surface area contributed by atoms with Crippen LogP contribution in [0.3, 0.4) is 0 Å². The predicted molar refractivity (Wildman–Crippen MR) is 137 cm³/mol. The SMILES string of the molecule is CCCCCCCCCCCCCCCCCCNC(=O)CCN(C)C1CCCCC1. The van der Waals surface area contributed by atoms with Crippen LogP contribution in [-0.2, 0) is 4.79 Å². The monoisotopic (exact) mass is 436 g/mol. The second-order valence-corrected chi connectivity index (χ2v) is 10.2. The highest BCUT2D eigenvalue weighted by atomic mass is 16.1. The second-order valence-electron chi connectivity index (χ2n) is 10.2. The zero-order valence-electron chi connectivity index (χ0n) is 21.4. The molecule has 0 aromatic heterocycles. The lowest BCUT2D eigenvalue weighted by Crippen LogP contribution is -2.36. The molecule has 1 aliphatic rings. The van der Waals surface area contributed by atoms with Gasteiger partial charge in [0.1, 0.15) is 0 Å². The topological polar surface area (TPSA) is 32.3 Å². The van der Waals surface area contributed by atoms with Crippen molar-refractivity contribution in [2.75, 3.05) is 20.1 Å². The third-order valence-electron chi connectivity index (χ3n) is 7.24. The van der Waals surface area contributed by atoms with E-state index in [0.717, 1.165) is 19.5 Å². The van der Waals surface area contributed by atoms with E-state index in [1.165, 1.54) is 128 Å². The van der Waals surface area contributed by atoms with Crippen molar-refractivity contribution in [1.82, 2.24) is 10.2 Å².